The van der Waals surface area contributed by atoms with Crippen LogP contribution in [-0.2, 0) is 14.8 Å². The molecule has 1 fully saturated rings. The van der Waals surface area contributed by atoms with Gasteiger partial charge in [0, 0.05) is 17.1 Å². The van der Waals surface area contributed by atoms with E-state index in [-0.39, 0.29) is 16.8 Å². The number of piperidine rings is 1. The summed E-state index contributed by atoms with van der Waals surface area (Å²) in [6.07, 6.45) is 2.30. The minimum atomic E-state index is -3.72. The van der Waals surface area contributed by atoms with Crippen LogP contribution in [0, 0.1) is 0 Å². The minimum absolute atomic E-state index is 0.115. The molecule has 1 amide bonds. The van der Waals surface area contributed by atoms with Crippen LogP contribution >= 0.6 is 11.3 Å². The molecule has 1 aliphatic rings. The van der Waals surface area contributed by atoms with Crippen molar-refractivity contribution in [2.24, 2.45) is 0 Å². The van der Waals surface area contributed by atoms with Gasteiger partial charge in [-0.05, 0) is 64.8 Å². The third-order valence-electron chi connectivity index (χ3n) is 4.96. The second-order valence-electron chi connectivity index (χ2n) is 8.19. The lowest BCUT2D eigenvalue weighted by Gasteiger charge is -2.53. The van der Waals surface area contributed by atoms with Crippen LogP contribution in [0.3, 0.4) is 0 Å². The maximum absolute atomic E-state index is 13.6. The highest BCUT2D eigenvalue weighted by Crippen LogP contribution is 2.43. The number of hydrogen-bond acceptors (Lipinski definition) is 5. The van der Waals surface area contributed by atoms with Gasteiger partial charge in [-0.15, -0.1) is 11.3 Å². The topological polar surface area (TPSA) is 79.4 Å². The lowest BCUT2D eigenvalue weighted by molar-refractivity contribution is -0.118. The van der Waals surface area contributed by atoms with Crippen molar-refractivity contribution >= 4 is 37.5 Å². The molecule has 1 aromatic heterocycles. The summed E-state index contributed by atoms with van der Waals surface area (Å²) in [6.45, 7) is 11.1. The number of amides is 1. The molecule has 2 heterocycles. The Kier molecular flexibility index (Phi) is 4.95. The number of aromatic nitrogens is 1. The number of nitrogens with one attached hydrogen (secondary N) is 1. The van der Waals surface area contributed by atoms with Crippen LogP contribution in [-0.4, -0.2) is 40.7 Å². The summed E-state index contributed by atoms with van der Waals surface area (Å²) in [5.41, 5.74) is 1.18. The number of carbonyl (C=O) groups is 1. The summed E-state index contributed by atoms with van der Waals surface area (Å²) in [7, 11) is -3.72. The van der Waals surface area contributed by atoms with E-state index >= 15 is 0 Å². The largest absolute Gasteiger partial charge is 0.350 e. The molecular weight excluding hydrogens is 382 g/mol. The fourth-order valence-corrected chi connectivity index (χ4v) is 7.34. The molecule has 146 valence electrons. The molecule has 27 heavy (non-hydrogen) atoms. The molecular formula is C19H25N3O3S2. The molecule has 0 atom stereocenters. The number of carbonyl (C=O) groups excluding carboxylic acids is 1. The second kappa shape index (κ2) is 6.68. The molecule has 1 aliphatic heterocycles. The van der Waals surface area contributed by atoms with Crippen LogP contribution in [0.2, 0.25) is 0 Å². The molecule has 6 nitrogen and oxygen atoms in total. The molecule has 0 saturated carbocycles. The Balaban J connectivity index is 2.00. The summed E-state index contributed by atoms with van der Waals surface area (Å²) in [4.78, 5) is 16.2. The van der Waals surface area contributed by atoms with Crippen molar-refractivity contribution in [3.05, 3.63) is 36.4 Å². The van der Waals surface area contributed by atoms with Crippen molar-refractivity contribution in [3.8, 4) is 0 Å². The van der Waals surface area contributed by atoms with Crippen LogP contribution in [0.1, 0.15) is 40.5 Å². The van der Waals surface area contributed by atoms with Crippen molar-refractivity contribution in [3.63, 3.8) is 0 Å². The Morgan fingerprint density at radius 2 is 1.93 bits per heavy atom. The third kappa shape index (κ3) is 3.66. The summed E-state index contributed by atoms with van der Waals surface area (Å²) in [6, 6.07) is 4.95. The van der Waals surface area contributed by atoms with E-state index in [0.717, 1.165) is 10.2 Å². The van der Waals surface area contributed by atoms with Crippen molar-refractivity contribution in [2.75, 3.05) is 0 Å². The zero-order chi connectivity index (χ0) is 20.0. The Morgan fingerprint density at radius 1 is 1.30 bits per heavy atom. The van der Waals surface area contributed by atoms with Crippen molar-refractivity contribution in [2.45, 2.75) is 62.6 Å². The third-order valence-corrected chi connectivity index (χ3v) is 8.07. The molecule has 0 radical (unpaired) electrons. The Bertz CT molecular complexity index is 975. The normalized spacial score (nSPS) is 20.4. The van der Waals surface area contributed by atoms with Gasteiger partial charge in [-0.1, -0.05) is 6.58 Å². The first-order valence-electron chi connectivity index (χ1n) is 8.79. The van der Waals surface area contributed by atoms with Gasteiger partial charge < -0.3 is 5.32 Å². The number of sulfonamides is 1. The summed E-state index contributed by atoms with van der Waals surface area (Å²) in [5, 5.41) is 2.93. The Morgan fingerprint density at radius 3 is 2.52 bits per heavy atom. The highest BCUT2D eigenvalue weighted by Gasteiger charge is 2.51. The molecule has 1 saturated heterocycles. The van der Waals surface area contributed by atoms with Crippen LogP contribution < -0.4 is 5.32 Å². The molecule has 1 aromatic carbocycles. The predicted molar refractivity (Wildman–Crippen MR) is 108 cm³/mol. The van der Waals surface area contributed by atoms with Crippen molar-refractivity contribution in [1.29, 1.82) is 0 Å². The number of nitrogens with zero attached hydrogens (tertiary/aromatic N) is 2. The highest BCUT2D eigenvalue weighted by molar-refractivity contribution is 7.89. The molecule has 2 aromatic rings. The van der Waals surface area contributed by atoms with Gasteiger partial charge >= 0.3 is 0 Å². The highest BCUT2D eigenvalue weighted by atomic mass is 32.2. The van der Waals surface area contributed by atoms with Gasteiger partial charge in [0.25, 0.3) is 0 Å². The average molecular weight is 408 g/mol. The van der Waals surface area contributed by atoms with Gasteiger partial charge in [0.1, 0.15) is 0 Å². The number of rotatable bonds is 4. The van der Waals surface area contributed by atoms with E-state index in [2.05, 4.69) is 16.9 Å². The molecule has 0 spiro atoms. The van der Waals surface area contributed by atoms with E-state index in [9.17, 15) is 13.2 Å². The van der Waals surface area contributed by atoms with Gasteiger partial charge in [-0.3, -0.25) is 4.79 Å². The predicted octanol–water partition coefficient (Wildman–Crippen LogP) is 3.31. The smallest absolute Gasteiger partial charge is 0.244 e. The van der Waals surface area contributed by atoms with Crippen LogP contribution in [0.15, 0.2) is 41.3 Å². The summed E-state index contributed by atoms with van der Waals surface area (Å²) >= 11 is 1.42. The lowest BCUT2D eigenvalue weighted by Crippen LogP contribution is -2.65. The van der Waals surface area contributed by atoms with E-state index < -0.39 is 21.1 Å². The Hall–Kier alpha value is -1.77. The first-order valence-corrected chi connectivity index (χ1v) is 11.1. The maximum Gasteiger partial charge on any atom is 0.244 e. The minimum Gasteiger partial charge on any atom is -0.350 e. The standard InChI is InChI=1S/C19H25N3O3S2/c1-6-17(23)21-13-10-18(2,3)22(19(4,5)11-13)27(24,25)14-7-8-15-16(9-14)26-12-20-15/h6-9,12-13H,1,10-11H2,2-5H3,(H,21,23). The lowest BCUT2D eigenvalue weighted by atomic mass is 9.79. The first-order chi connectivity index (χ1) is 12.5. The zero-order valence-corrected chi connectivity index (χ0v) is 17.7. The van der Waals surface area contributed by atoms with Crippen molar-refractivity contribution < 1.29 is 13.2 Å². The Labute approximate surface area is 164 Å². The van der Waals surface area contributed by atoms with Gasteiger partial charge in [0.05, 0.1) is 20.6 Å². The number of benzene rings is 1. The SMILES string of the molecule is C=CC(=O)NC1CC(C)(C)N(S(=O)(=O)c2ccc3ncsc3c2)C(C)(C)C1. The molecule has 3 rings (SSSR count). The van der Waals surface area contributed by atoms with Gasteiger partial charge in [-0.25, -0.2) is 13.4 Å². The monoisotopic (exact) mass is 407 g/mol. The van der Waals surface area contributed by atoms with Crippen LogP contribution in [0.5, 0.6) is 0 Å². The molecule has 8 heteroatoms. The summed E-state index contributed by atoms with van der Waals surface area (Å²) < 4.78 is 29.6. The maximum atomic E-state index is 13.6. The second-order valence-corrected chi connectivity index (χ2v) is 10.9. The molecule has 0 bridgehead atoms. The fraction of sp³-hybridized carbons (Fsp3) is 0.474. The zero-order valence-electron chi connectivity index (χ0n) is 16.0. The fourth-order valence-electron chi connectivity index (χ4n) is 4.38. The van der Waals surface area contributed by atoms with E-state index in [1.165, 1.54) is 17.4 Å². The number of thiazole rings is 1. The van der Waals surface area contributed by atoms with E-state index in [1.54, 1.807) is 28.0 Å². The van der Waals surface area contributed by atoms with Crippen LogP contribution in [0.4, 0.5) is 0 Å². The van der Waals surface area contributed by atoms with E-state index in [1.807, 2.05) is 27.7 Å². The molecule has 1 N–H and O–H groups in total. The first kappa shape index (κ1) is 20.0. The van der Waals surface area contributed by atoms with Gasteiger partial charge in [-0.2, -0.15) is 4.31 Å². The summed E-state index contributed by atoms with van der Waals surface area (Å²) in [5.74, 6) is -0.237. The number of fused-ring (bicyclic) bond motifs is 1. The number of hydrogen-bond donors (Lipinski definition) is 1. The average Bonchev–Trinajstić information content (AvgIpc) is 2.99. The quantitative estimate of drug-likeness (QED) is 0.789. The molecule has 0 aliphatic carbocycles. The van der Waals surface area contributed by atoms with Gasteiger partial charge in [0.2, 0.25) is 15.9 Å². The van der Waals surface area contributed by atoms with E-state index in [0.29, 0.717) is 12.8 Å². The van der Waals surface area contributed by atoms with Crippen LogP contribution in [0.25, 0.3) is 10.2 Å². The van der Waals surface area contributed by atoms with E-state index in [4.69, 9.17) is 0 Å². The van der Waals surface area contributed by atoms with Crippen molar-refractivity contribution in [1.82, 2.24) is 14.6 Å². The molecule has 0 unspecified atom stereocenters. The van der Waals surface area contributed by atoms with Gasteiger partial charge in [0.15, 0.2) is 0 Å².